The third-order valence-corrected chi connectivity index (χ3v) is 6.76. The first-order valence-corrected chi connectivity index (χ1v) is 11.6. The van der Waals surface area contributed by atoms with Gasteiger partial charge in [-0.25, -0.2) is 8.42 Å². The number of anilines is 1. The minimum absolute atomic E-state index is 0.213. The molecule has 0 unspecified atom stereocenters. The van der Waals surface area contributed by atoms with Gasteiger partial charge in [-0.2, -0.15) is 4.31 Å². The zero-order valence-electron chi connectivity index (χ0n) is 15.9. The largest absolute Gasteiger partial charge is 0.321 e. The topological polar surface area (TPSA) is 66.5 Å². The Labute approximate surface area is 166 Å². The van der Waals surface area contributed by atoms with Crippen LogP contribution in [0.15, 0.2) is 58.3 Å². The molecule has 2 aromatic carbocycles. The molecule has 7 heteroatoms. The van der Waals surface area contributed by atoms with Crippen molar-refractivity contribution >= 4 is 33.4 Å². The Morgan fingerprint density at radius 1 is 1.00 bits per heavy atom. The third kappa shape index (κ3) is 5.34. The van der Waals surface area contributed by atoms with Crippen LogP contribution < -0.4 is 5.32 Å². The third-order valence-electron chi connectivity index (χ3n) is 4.06. The van der Waals surface area contributed by atoms with Gasteiger partial charge in [-0.15, -0.1) is 11.8 Å². The van der Waals surface area contributed by atoms with E-state index in [2.05, 4.69) is 5.32 Å². The molecule has 5 nitrogen and oxygen atoms in total. The summed E-state index contributed by atoms with van der Waals surface area (Å²) in [6.45, 7) is 4.89. The molecule has 0 aliphatic rings. The summed E-state index contributed by atoms with van der Waals surface area (Å²) in [4.78, 5) is 13.7. The molecule has 0 aliphatic carbocycles. The van der Waals surface area contributed by atoms with Crippen LogP contribution in [0.3, 0.4) is 0 Å². The first-order valence-electron chi connectivity index (χ1n) is 8.98. The van der Waals surface area contributed by atoms with Crippen molar-refractivity contribution in [1.82, 2.24) is 4.31 Å². The molecule has 1 amide bonds. The van der Waals surface area contributed by atoms with Crippen molar-refractivity contribution in [2.45, 2.75) is 36.5 Å². The number of sulfonamides is 1. The van der Waals surface area contributed by atoms with Gasteiger partial charge < -0.3 is 5.32 Å². The van der Waals surface area contributed by atoms with E-state index in [9.17, 15) is 13.2 Å². The number of rotatable bonds is 9. The molecule has 146 valence electrons. The zero-order chi connectivity index (χ0) is 19.9. The first kappa shape index (κ1) is 21.5. The summed E-state index contributed by atoms with van der Waals surface area (Å²) in [7, 11) is -3.54. The van der Waals surface area contributed by atoms with Gasteiger partial charge in [0.2, 0.25) is 10.0 Å². The number of amides is 1. The fourth-order valence-electron chi connectivity index (χ4n) is 2.72. The van der Waals surface area contributed by atoms with Gasteiger partial charge in [0, 0.05) is 23.5 Å². The van der Waals surface area contributed by atoms with E-state index in [4.69, 9.17) is 0 Å². The summed E-state index contributed by atoms with van der Waals surface area (Å²) < 4.78 is 27.1. The van der Waals surface area contributed by atoms with Crippen LogP contribution in [-0.2, 0) is 10.0 Å². The van der Waals surface area contributed by atoms with E-state index in [0.29, 0.717) is 18.7 Å². The lowest BCUT2D eigenvalue weighted by atomic mass is 10.2. The van der Waals surface area contributed by atoms with Crippen molar-refractivity contribution in [2.75, 3.05) is 24.7 Å². The van der Waals surface area contributed by atoms with E-state index >= 15 is 0 Å². The van der Waals surface area contributed by atoms with Gasteiger partial charge in [0.1, 0.15) is 0 Å². The molecule has 27 heavy (non-hydrogen) atoms. The molecule has 1 N–H and O–H groups in total. The van der Waals surface area contributed by atoms with Gasteiger partial charge in [-0.3, -0.25) is 4.79 Å². The summed E-state index contributed by atoms with van der Waals surface area (Å²) in [6.07, 6.45) is 3.46. The van der Waals surface area contributed by atoms with Gasteiger partial charge in [-0.05, 0) is 55.5 Å². The van der Waals surface area contributed by atoms with Crippen LogP contribution in [0.1, 0.15) is 37.0 Å². The number of benzene rings is 2. The number of carbonyl (C=O) groups excluding carboxylic acids is 1. The number of nitrogens with one attached hydrogen (secondary N) is 1. The number of para-hydroxylation sites is 1. The molecule has 0 saturated heterocycles. The quantitative estimate of drug-likeness (QED) is 0.624. The van der Waals surface area contributed by atoms with E-state index in [1.54, 1.807) is 23.9 Å². The normalized spacial score (nSPS) is 11.6. The highest BCUT2D eigenvalue weighted by molar-refractivity contribution is 7.98. The molecule has 0 saturated carbocycles. The summed E-state index contributed by atoms with van der Waals surface area (Å²) >= 11 is 1.55. The highest BCUT2D eigenvalue weighted by Crippen LogP contribution is 2.25. The van der Waals surface area contributed by atoms with Crippen molar-refractivity contribution in [2.24, 2.45) is 0 Å². The van der Waals surface area contributed by atoms with Gasteiger partial charge >= 0.3 is 0 Å². The minimum atomic E-state index is -3.54. The standard InChI is InChI=1S/C20H26N2O3S2/c1-4-14-22(15-5-2)27(24,25)17-12-10-16(11-13-17)20(23)21-18-8-6-7-9-19(18)26-3/h6-13H,4-5,14-15H2,1-3H3,(H,21,23). The Bertz CT molecular complexity index is 859. The van der Waals surface area contributed by atoms with Crippen molar-refractivity contribution in [1.29, 1.82) is 0 Å². The Kier molecular flexibility index (Phi) is 7.89. The van der Waals surface area contributed by atoms with Crippen LogP contribution in [0.4, 0.5) is 5.69 Å². The maximum Gasteiger partial charge on any atom is 0.255 e. The average Bonchev–Trinajstić information content (AvgIpc) is 2.68. The predicted octanol–water partition coefficient (Wildman–Crippen LogP) is 4.47. The van der Waals surface area contributed by atoms with E-state index in [1.165, 1.54) is 16.4 Å². The molecule has 0 heterocycles. The van der Waals surface area contributed by atoms with Crippen LogP contribution in [0.25, 0.3) is 0 Å². The number of hydrogen-bond acceptors (Lipinski definition) is 4. The first-order chi connectivity index (χ1) is 12.9. The minimum Gasteiger partial charge on any atom is -0.321 e. The number of nitrogens with zero attached hydrogens (tertiary/aromatic N) is 1. The van der Waals surface area contributed by atoms with E-state index < -0.39 is 10.0 Å². The highest BCUT2D eigenvalue weighted by atomic mass is 32.2. The van der Waals surface area contributed by atoms with Gasteiger partial charge in [0.05, 0.1) is 10.6 Å². The molecule has 2 aromatic rings. The van der Waals surface area contributed by atoms with Crippen LogP contribution in [-0.4, -0.2) is 38.0 Å². The van der Waals surface area contributed by atoms with E-state index in [0.717, 1.165) is 23.4 Å². The Balaban J connectivity index is 2.19. The average molecular weight is 407 g/mol. The molecule has 0 aliphatic heterocycles. The van der Waals surface area contributed by atoms with Gasteiger partial charge in [0.25, 0.3) is 5.91 Å². The van der Waals surface area contributed by atoms with Crippen molar-refractivity contribution < 1.29 is 13.2 Å². The van der Waals surface area contributed by atoms with Gasteiger partial charge in [-0.1, -0.05) is 26.0 Å². The summed E-state index contributed by atoms with van der Waals surface area (Å²) in [5.41, 5.74) is 1.16. The van der Waals surface area contributed by atoms with Crippen LogP contribution in [0, 0.1) is 0 Å². The highest BCUT2D eigenvalue weighted by Gasteiger charge is 2.23. The second kappa shape index (κ2) is 9.92. The summed E-state index contributed by atoms with van der Waals surface area (Å²) in [5, 5.41) is 2.88. The molecule has 2 rings (SSSR count). The Hall–Kier alpha value is -1.83. The predicted molar refractivity (Wildman–Crippen MR) is 112 cm³/mol. The molecular formula is C20H26N2O3S2. The summed E-state index contributed by atoms with van der Waals surface area (Å²) in [5.74, 6) is -0.264. The van der Waals surface area contributed by atoms with Crippen molar-refractivity contribution in [3.63, 3.8) is 0 Å². The number of carbonyl (C=O) groups is 1. The number of thioether (sulfide) groups is 1. The molecule has 0 fully saturated rings. The molecule has 0 atom stereocenters. The second-order valence-corrected chi connectivity index (χ2v) is 8.87. The molecule has 0 bridgehead atoms. The SMILES string of the molecule is CCCN(CCC)S(=O)(=O)c1ccc(C(=O)Nc2ccccc2SC)cc1. The lowest BCUT2D eigenvalue weighted by Crippen LogP contribution is -2.32. The molecule has 0 spiro atoms. The molecule has 0 radical (unpaired) electrons. The maximum absolute atomic E-state index is 12.8. The van der Waals surface area contributed by atoms with Crippen LogP contribution >= 0.6 is 11.8 Å². The van der Waals surface area contributed by atoms with E-state index in [1.807, 2.05) is 44.4 Å². The van der Waals surface area contributed by atoms with Gasteiger partial charge in [0.15, 0.2) is 0 Å². The smallest absolute Gasteiger partial charge is 0.255 e. The lowest BCUT2D eigenvalue weighted by molar-refractivity contribution is 0.102. The fourth-order valence-corrected chi connectivity index (χ4v) is 4.90. The second-order valence-electron chi connectivity index (χ2n) is 6.08. The van der Waals surface area contributed by atoms with Crippen LogP contribution in [0.2, 0.25) is 0 Å². The van der Waals surface area contributed by atoms with Crippen LogP contribution in [0.5, 0.6) is 0 Å². The molecule has 0 aromatic heterocycles. The van der Waals surface area contributed by atoms with Crippen molar-refractivity contribution in [3.8, 4) is 0 Å². The summed E-state index contributed by atoms with van der Waals surface area (Å²) in [6, 6.07) is 13.7. The van der Waals surface area contributed by atoms with Crippen molar-refractivity contribution in [3.05, 3.63) is 54.1 Å². The monoisotopic (exact) mass is 406 g/mol. The maximum atomic E-state index is 12.8. The Morgan fingerprint density at radius 3 is 2.15 bits per heavy atom. The fraction of sp³-hybridized carbons (Fsp3) is 0.350. The Morgan fingerprint density at radius 2 is 1.59 bits per heavy atom. The lowest BCUT2D eigenvalue weighted by Gasteiger charge is -2.21. The zero-order valence-corrected chi connectivity index (χ0v) is 17.6. The van der Waals surface area contributed by atoms with E-state index in [-0.39, 0.29) is 10.8 Å². The number of hydrogen-bond donors (Lipinski definition) is 1. The molecular weight excluding hydrogens is 380 g/mol.